The van der Waals surface area contributed by atoms with Gasteiger partial charge in [-0.25, -0.2) is 8.78 Å². The normalized spacial score (nSPS) is 20.2. The smallest absolute Gasteiger partial charge is 0.297 e. The van der Waals surface area contributed by atoms with E-state index in [9.17, 15) is 8.78 Å². The predicted octanol–water partition coefficient (Wildman–Crippen LogP) is 3.05. The molecule has 0 saturated heterocycles. The summed E-state index contributed by atoms with van der Waals surface area (Å²) in [6.07, 6.45) is -1.85. The minimum atomic E-state index is -2.78. The highest BCUT2D eigenvalue weighted by molar-refractivity contribution is 5.44. The van der Waals surface area contributed by atoms with Crippen molar-refractivity contribution >= 4 is 11.9 Å². The number of alkyl halides is 2. The molecular formula is C15H17F2N5. The van der Waals surface area contributed by atoms with Crippen LogP contribution in [-0.4, -0.2) is 15.0 Å². The fourth-order valence-electron chi connectivity index (χ4n) is 2.89. The molecule has 2 atom stereocenters. The van der Waals surface area contributed by atoms with Crippen LogP contribution in [0.2, 0.25) is 0 Å². The first-order valence-electron chi connectivity index (χ1n) is 7.09. The van der Waals surface area contributed by atoms with E-state index in [4.69, 9.17) is 5.73 Å². The van der Waals surface area contributed by atoms with E-state index in [1.165, 1.54) is 5.56 Å². The van der Waals surface area contributed by atoms with Gasteiger partial charge >= 0.3 is 0 Å². The summed E-state index contributed by atoms with van der Waals surface area (Å²) in [7, 11) is 0. The summed E-state index contributed by atoms with van der Waals surface area (Å²) in [5, 5.41) is 3.13. The van der Waals surface area contributed by atoms with Crippen LogP contribution < -0.4 is 11.1 Å². The van der Waals surface area contributed by atoms with E-state index in [1.54, 1.807) is 0 Å². The number of aromatic nitrogens is 3. The van der Waals surface area contributed by atoms with Gasteiger partial charge in [-0.3, -0.25) is 0 Å². The number of fused-ring (bicyclic) bond motifs is 1. The van der Waals surface area contributed by atoms with E-state index < -0.39 is 12.2 Å². The van der Waals surface area contributed by atoms with E-state index in [-0.39, 0.29) is 17.9 Å². The van der Waals surface area contributed by atoms with Crippen LogP contribution in [0, 0.1) is 12.8 Å². The molecule has 5 nitrogen and oxygen atoms in total. The molecule has 2 aromatic rings. The molecule has 1 heterocycles. The molecule has 0 radical (unpaired) electrons. The van der Waals surface area contributed by atoms with Gasteiger partial charge in [0.25, 0.3) is 6.43 Å². The second-order valence-corrected chi connectivity index (χ2v) is 5.68. The van der Waals surface area contributed by atoms with E-state index >= 15 is 0 Å². The van der Waals surface area contributed by atoms with Gasteiger partial charge in [0.05, 0.1) is 6.04 Å². The number of nitrogens with one attached hydrogen (secondary N) is 1. The van der Waals surface area contributed by atoms with Crippen LogP contribution in [0.5, 0.6) is 0 Å². The molecule has 0 unspecified atom stereocenters. The highest BCUT2D eigenvalue weighted by atomic mass is 19.3. The Kier molecular flexibility index (Phi) is 3.64. The molecule has 0 saturated carbocycles. The Hall–Kier alpha value is -2.31. The SMILES string of the molecule is Cc1ccc2c(c1)[C@H](Nc1nc(N)nc(C(F)F)n1)[C@@H](C)C2. The summed E-state index contributed by atoms with van der Waals surface area (Å²) in [4.78, 5) is 11.1. The summed E-state index contributed by atoms with van der Waals surface area (Å²) in [6, 6.07) is 6.26. The van der Waals surface area contributed by atoms with E-state index in [0.717, 1.165) is 17.5 Å². The summed E-state index contributed by atoms with van der Waals surface area (Å²) in [6.45, 7) is 4.13. The Morgan fingerprint density at radius 1 is 1.27 bits per heavy atom. The van der Waals surface area contributed by atoms with Crippen molar-refractivity contribution < 1.29 is 8.78 Å². The maximum atomic E-state index is 12.8. The van der Waals surface area contributed by atoms with Crippen LogP contribution in [0.4, 0.5) is 20.7 Å². The molecule has 22 heavy (non-hydrogen) atoms. The van der Waals surface area contributed by atoms with Gasteiger partial charge in [-0.2, -0.15) is 15.0 Å². The zero-order valence-electron chi connectivity index (χ0n) is 12.3. The third-order valence-electron chi connectivity index (χ3n) is 3.90. The lowest BCUT2D eigenvalue weighted by Gasteiger charge is -2.19. The number of nitrogens with two attached hydrogens (primary N) is 1. The highest BCUT2D eigenvalue weighted by Crippen LogP contribution is 2.38. The number of rotatable bonds is 3. The second-order valence-electron chi connectivity index (χ2n) is 5.68. The molecule has 116 valence electrons. The van der Waals surface area contributed by atoms with E-state index in [0.29, 0.717) is 5.92 Å². The van der Waals surface area contributed by atoms with Crippen molar-refractivity contribution in [1.82, 2.24) is 15.0 Å². The molecular weight excluding hydrogens is 288 g/mol. The Bertz CT molecular complexity index is 704. The summed E-state index contributed by atoms with van der Waals surface area (Å²) in [5.74, 6) is -0.410. The van der Waals surface area contributed by atoms with Crippen molar-refractivity contribution in [3.63, 3.8) is 0 Å². The number of halogens is 2. The summed E-state index contributed by atoms with van der Waals surface area (Å²) >= 11 is 0. The zero-order valence-corrected chi connectivity index (χ0v) is 12.3. The van der Waals surface area contributed by atoms with Crippen molar-refractivity contribution in [1.29, 1.82) is 0 Å². The lowest BCUT2D eigenvalue weighted by molar-refractivity contribution is 0.140. The minimum absolute atomic E-state index is 0.0257. The fourth-order valence-corrected chi connectivity index (χ4v) is 2.89. The van der Waals surface area contributed by atoms with Crippen LogP contribution in [0.25, 0.3) is 0 Å². The standard InChI is InChI=1S/C15H17F2N5/c1-7-3-4-9-6-8(2)11(10(9)5-7)19-15-21-13(12(16)17)20-14(18)22-15/h3-5,8,11-12H,6H2,1-2H3,(H3,18,19,20,21,22)/t8-,11+/m0/s1. The molecule has 0 bridgehead atoms. The van der Waals surface area contributed by atoms with Gasteiger partial charge in [-0.15, -0.1) is 0 Å². The van der Waals surface area contributed by atoms with Gasteiger partial charge < -0.3 is 11.1 Å². The number of hydrogen-bond acceptors (Lipinski definition) is 5. The molecule has 7 heteroatoms. The molecule has 0 aliphatic heterocycles. The molecule has 1 aliphatic rings. The second kappa shape index (κ2) is 5.47. The summed E-state index contributed by atoms with van der Waals surface area (Å²) < 4.78 is 25.5. The van der Waals surface area contributed by atoms with Crippen LogP contribution in [0.3, 0.4) is 0 Å². The van der Waals surface area contributed by atoms with Gasteiger partial charge in [-0.1, -0.05) is 30.7 Å². The van der Waals surface area contributed by atoms with Crippen molar-refractivity contribution in [2.24, 2.45) is 5.92 Å². The fraction of sp³-hybridized carbons (Fsp3) is 0.400. The first-order chi connectivity index (χ1) is 10.4. The lowest BCUT2D eigenvalue weighted by Crippen LogP contribution is -2.18. The zero-order chi connectivity index (χ0) is 15.9. The van der Waals surface area contributed by atoms with Gasteiger partial charge in [0.1, 0.15) is 0 Å². The topological polar surface area (TPSA) is 76.7 Å². The monoisotopic (exact) mass is 305 g/mol. The molecule has 1 aromatic heterocycles. The maximum absolute atomic E-state index is 12.8. The number of hydrogen-bond donors (Lipinski definition) is 2. The minimum Gasteiger partial charge on any atom is -0.368 e. The third-order valence-corrected chi connectivity index (χ3v) is 3.90. The number of nitrogen functional groups attached to an aromatic ring is 1. The van der Waals surface area contributed by atoms with Gasteiger partial charge in [-0.05, 0) is 30.4 Å². The number of benzene rings is 1. The Morgan fingerprint density at radius 3 is 2.77 bits per heavy atom. The number of anilines is 2. The Labute approximate surface area is 127 Å². The first-order valence-corrected chi connectivity index (χ1v) is 7.09. The van der Waals surface area contributed by atoms with E-state index in [1.807, 2.05) is 6.92 Å². The average Bonchev–Trinajstić information content (AvgIpc) is 2.74. The first kappa shape index (κ1) is 14.6. The van der Waals surface area contributed by atoms with Gasteiger partial charge in [0.2, 0.25) is 17.7 Å². The summed E-state index contributed by atoms with van der Waals surface area (Å²) in [5.41, 5.74) is 9.06. The number of aryl methyl sites for hydroxylation is 1. The van der Waals surface area contributed by atoms with Crippen molar-refractivity contribution in [2.75, 3.05) is 11.1 Å². The van der Waals surface area contributed by atoms with Crippen molar-refractivity contribution in [3.8, 4) is 0 Å². The average molecular weight is 305 g/mol. The quantitative estimate of drug-likeness (QED) is 0.911. The lowest BCUT2D eigenvalue weighted by atomic mass is 10.0. The molecule has 3 rings (SSSR count). The van der Waals surface area contributed by atoms with E-state index in [2.05, 4.69) is 45.4 Å². The molecule has 0 fully saturated rings. The third kappa shape index (κ3) is 2.70. The molecule has 3 N–H and O–H groups in total. The number of nitrogens with zero attached hydrogens (tertiary/aromatic N) is 3. The van der Waals surface area contributed by atoms with Crippen molar-refractivity contribution in [2.45, 2.75) is 32.7 Å². The van der Waals surface area contributed by atoms with Crippen LogP contribution in [-0.2, 0) is 6.42 Å². The van der Waals surface area contributed by atoms with Gasteiger partial charge in [0, 0.05) is 0 Å². The van der Waals surface area contributed by atoms with Crippen LogP contribution >= 0.6 is 0 Å². The predicted molar refractivity (Wildman–Crippen MR) is 79.6 cm³/mol. The Balaban J connectivity index is 1.92. The Morgan fingerprint density at radius 2 is 2.05 bits per heavy atom. The largest absolute Gasteiger partial charge is 0.368 e. The molecule has 0 amide bonds. The highest BCUT2D eigenvalue weighted by Gasteiger charge is 2.30. The molecule has 1 aromatic carbocycles. The molecule has 1 aliphatic carbocycles. The maximum Gasteiger partial charge on any atom is 0.297 e. The van der Waals surface area contributed by atoms with Crippen LogP contribution in [0.1, 0.15) is 41.9 Å². The van der Waals surface area contributed by atoms with Crippen molar-refractivity contribution in [3.05, 3.63) is 40.7 Å². The van der Waals surface area contributed by atoms with Gasteiger partial charge in [0.15, 0.2) is 0 Å². The van der Waals surface area contributed by atoms with Crippen LogP contribution in [0.15, 0.2) is 18.2 Å². The molecule has 0 spiro atoms.